The van der Waals surface area contributed by atoms with Gasteiger partial charge in [-0.25, -0.2) is 4.79 Å². The SMILES string of the molecule is CNCCc1cccc(C(=O)O)c1.O=C([O-])C(F)(F)F. The number of likely N-dealkylation sites (N-methyl/N-ethyl adjacent to an activating group) is 1. The molecule has 0 radical (unpaired) electrons. The van der Waals surface area contributed by atoms with Crippen LogP contribution in [-0.4, -0.2) is 36.8 Å². The lowest BCUT2D eigenvalue weighted by Gasteiger charge is -2.03. The van der Waals surface area contributed by atoms with Crippen molar-refractivity contribution in [2.75, 3.05) is 13.6 Å². The Hall–Kier alpha value is -2.09. The number of carboxylic acid groups (broad SMARTS) is 2. The molecule has 0 fully saturated rings. The van der Waals surface area contributed by atoms with Crippen molar-refractivity contribution in [3.63, 3.8) is 0 Å². The van der Waals surface area contributed by atoms with E-state index >= 15 is 0 Å². The van der Waals surface area contributed by atoms with Crippen LogP contribution in [0.4, 0.5) is 13.2 Å². The molecule has 0 saturated heterocycles. The van der Waals surface area contributed by atoms with E-state index < -0.39 is 18.1 Å². The highest BCUT2D eigenvalue weighted by atomic mass is 19.4. The summed E-state index contributed by atoms with van der Waals surface area (Å²) in [6.07, 6.45) is -4.34. The first-order valence-corrected chi connectivity index (χ1v) is 5.43. The number of benzene rings is 1. The van der Waals surface area contributed by atoms with Crippen molar-refractivity contribution in [1.29, 1.82) is 0 Å². The van der Waals surface area contributed by atoms with E-state index in [9.17, 15) is 18.0 Å². The van der Waals surface area contributed by atoms with Gasteiger partial charge in [-0.15, -0.1) is 0 Å². The highest BCUT2D eigenvalue weighted by Gasteiger charge is 2.28. The minimum Gasteiger partial charge on any atom is -0.542 e. The van der Waals surface area contributed by atoms with E-state index in [1.165, 1.54) is 0 Å². The molecule has 112 valence electrons. The average Bonchev–Trinajstić information content (AvgIpc) is 2.36. The zero-order valence-electron chi connectivity index (χ0n) is 10.5. The van der Waals surface area contributed by atoms with Crippen LogP contribution in [0.3, 0.4) is 0 Å². The number of aliphatic carboxylic acids is 1. The lowest BCUT2D eigenvalue weighted by Crippen LogP contribution is -2.37. The maximum atomic E-state index is 10.6. The summed E-state index contributed by atoms with van der Waals surface area (Å²) in [5.74, 6) is -3.88. The summed E-state index contributed by atoms with van der Waals surface area (Å²) in [6.45, 7) is 0.864. The van der Waals surface area contributed by atoms with Gasteiger partial charge in [0.2, 0.25) is 0 Å². The van der Waals surface area contributed by atoms with Gasteiger partial charge < -0.3 is 20.3 Å². The van der Waals surface area contributed by atoms with Crippen molar-refractivity contribution in [3.05, 3.63) is 35.4 Å². The minimum absolute atomic E-state index is 0.355. The predicted octanol–water partition coefficient (Wildman–Crippen LogP) is 0.445. The fourth-order valence-corrected chi connectivity index (χ4v) is 1.13. The van der Waals surface area contributed by atoms with E-state index in [1.54, 1.807) is 18.2 Å². The molecule has 5 nitrogen and oxygen atoms in total. The van der Waals surface area contributed by atoms with Crippen molar-refractivity contribution in [2.45, 2.75) is 12.6 Å². The van der Waals surface area contributed by atoms with Crippen molar-refractivity contribution in [1.82, 2.24) is 5.32 Å². The normalized spacial score (nSPS) is 10.4. The number of rotatable bonds is 4. The summed E-state index contributed by atoms with van der Waals surface area (Å²) >= 11 is 0. The van der Waals surface area contributed by atoms with Gasteiger partial charge in [-0.2, -0.15) is 13.2 Å². The van der Waals surface area contributed by atoms with Crippen LogP contribution in [0.5, 0.6) is 0 Å². The Kier molecular flexibility index (Phi) is 7.30. The van der Waals surface area contributed by atoms with Crippen LogP contribution in [0.25, 0.3) is 0 Å². The van der Waals surface area contributed by atoms with Gasteiger partial charge in [0.1, 0.15) is 5.97 Å². The van der Waals surface area contributed by atoms with Gasteiger partial charge >= 0.3 is 12.1 Å². The Morgan fingerprint density at radius 2 is 1.90 bits per heavy atom. The molecule has 0 aliphatic carbocycles. The summed E-state index contributed by atoms with van der Waals surface area (Å²) in [4.78, 5) is 19.4. The number of alkyl halides is 3. The zero-order chi connectivity index (χ0) is 15.8. The maximum Gasteiger partial charge on any atom is 0.430 e. The number of carboxylic acids is 2. The third kappa shape index (κ3) is 7.37. The largest absolute Gasteiger partial charge is 0.542 e. The van der Waals surface area contributed by atoms with Gasteiger partial charge in [-0.1, -0.05) is 12.1 Å². The Bertz CT molecular complexity index is 460. The van der Waals surface area contributed by atoms with Crippen LogP contribution >= 0.6 is 0 Å². The molecule has 0 heterocycles. The lowest BCUT2D eigenvalue weighted by atomic mass is 10.1. The fraction of sp³-hybridized carbons (Fsp3) is 0.333. The van der Waals surface area contributed by atoms with Crippen molar-refractivity contribution in [2.24, 2.45) is 0 Å². The second-order valence-electron chi connectivity index (χ2n) is 3.64. The molecule has 0 aliphatic heterocycles. The molecule has 2 N–H and O–H groups in total. The minimum atomic E-state index is -5.19. The number of carbonyl (C=O) groups excluding carboxylic acids is 1. The van der Waals surface area contributed by atoms with Crippen LogP contribution in [0.15, 0.2) is 24.3 Å². The number of hydrogen-bond acceptors (Lipinski definition) is 4. The van der Waals surface area contributed by atoms with Gasteiger partial charge in [-0.3, -0.25) is 0 Å². The van der Waals surface area contributed by atoms with Gasteiger partial charge in [-0.05, 0) is 37.7 Å². The second-order valence-corrected chi connectivity index (χ2v) is 3.64. The van der Waals surface area contributed by atoms with Crippen molar-refractivity contribution >= 4 is 11.9 Å². The van der Waals surface area contributed by atoms with Gasteiger partial charge in [0.05, 0.1) is 5.56 Å². The molecule has 0 atom stereocenters. The van der Waals surface area contributed by atoms with E-state index in [0.717, 1.165) is 18.5 Å². The quantitative estimate of drug-likeness (QED) is 0.840. The zero-order valence-corrected chi connectivity index (χ0v) is 10.5. The molecule has 0 aromatic heterocycles. The standard InChI is InChI=1S/C10H13NO2.C2HF3O2/c1-11-6-5-8-3-2-4-9(7-8)10(12)13;3-2(4,5)1(6)7/h2-4,7,11H,5-6H2,1H3,(H,12,13);(H,6,7)/p-1. The molecule has 8 heteroatoms. The molecule has 1 aromatic carbocycles. The Morgan fingerprint density at radius 3 is 2.30 bits per heavy atom. The third-order valence-electron chi connectivity index (χ3n) is 2.07. The Morgan fingerprint density at radius 1 is 1.35 bits per heavy atom. The highest BCUT2D eigenvalue weighted by molar-refractivity contribution is 5.87. The Labute approximate surface area is 113 Å². The molecule has 0 bridgehead atoms. The van der Waals surface area contributed by atoms with Crippen LogP contribution in [0.1, 0.15) is 15.9 Å². The smallest absolute Gasteiger partial charge is 0.430 e. The third-order valence-corrected chi connectivity index (χ3v) is 2.07. The summed E-state index contributed by atoms with van der Waals surface area (Å²) in [5.41, 5.74) is 1.41. The number of carbonyl (C=O) groups is 2. The predicted molar refractivity (Wildman–Crippen MR) is 62.1 cm³/mol. The number of nitrogens with one attached hydrogen (secondary N) is 1. The summed E-state index contributed by atoms with van der Waals surface area (Å²) in [7, 11) is 1.88. The maximum absolute atomic E-state index is 10.6. The molecular formula is C12H13F3NO4-. The monoisotopic (exact) mass is 292 g/mol. The van der Waals surface area contributed by atoms with E-state index in [-0.39, 0.29) is 0 Å². The summed E-state index contributed by atoms with van der Waals surface area (Å²) in [6, 6.07) is 7.02. The van der Waals surface area contributed by atoms with E-state index in [2.05, 4.69) is 5.32 Å². The van der Waals surface area contributed by atoms with E-state index in [0.29, 0.717) is 5.56 Å². The van der Waals surface area contributed by atoms with Crippen LogP contribution in [0.2, 0.25) is 0 Å². The van der Waals surface area contributed by atoms with Crippen molar-refractivity contribution < 1.29 is 33.0 Å². The summed E-state index contributed by atoms with van der Waals surface area (Å²) < 4.78 is 31.5. The van der Waals surface area contributed by atoms with Gasteiger partial charge in [0.25, 0.3) is 0 Å². The van der Waals surface area contributed by atoms with Gasteiger partial charge in [0.15, 0.2) is 0 Å². The van der Waals surface area contributed by atoms with Crippen LogP contribution in [-0.2, 0) is 11.2 Å². The molecule has 20 heavy (non-hydrogen) atoms. The summed E-state index contributed by atoms with van der Waals surface area (Å²) in [5, 5.41) is 20.5. The first kappa shape index (κ1) is 17.9. The molecule has 0 unspecified atom stereocenters. The highest BCUT2D eigenvalue weighted by Crippen LogP contribution is 2.11. The number of hydrogen-bond donors (Lipinski definition) is 2. The van der Waals surface area contributed by atoms with E-state index in [1.807, 2.05) is 13.1 Å². The van der Waals surface area contributed by atoms with Crippen molar-refractivity contribution in [3.8, 4) is 0 Å². The molecule has 0 spiro atoms. The number of aromatic carboxylic acids is 1. The molecule has 0 saturated carbocycles. The van der Waals surface area contributed by atoms with Crippen LogP contribution < -0.4 is 10.4 Å². The first-order chi connectivity index (χ1) is 9.18. The lowest BCUT2D eigenvalue weighted by molar-refractivity contribution is -0.344. The molecular weight excluding hydrogens is 279 g/mol. The molecule has 0 aliphatic rings. The topological polar surface area (TPSA) is 89.5 Å². The van der Waals surface area contributed by atoms with E-state index in [4.69, 9.17) is 15.0 Å². The number of halogens is 3. The molecule has 1 aromatic rings. The fourth-order valence-electron chi connectivity index (χ4n) is 1.13. The second kappa shape index (κ2) is 8.16. The molecule has 1 rings (SSSR count). The van der Waals surface area contributed by atoms with Gasteiger partial charge in [0, 0.05) is 0 Å². The first-order valence-electron chi connectivity index (χ1n) is 5.43. The average molecular weight is 292 g/mol. The Balaban J connectivity index is 0.000000441. The van der Waals surface area contributed by atoms with Crippen LogP contribution in [0, 0.1) is 0 Å². The molecule has 0 amide bonds.